The molecule has 0 aliphatic rings. The van der Waals surface area contributed by atoms with Crippen molar-refractivity contribution in [2.45, 2.75) is 6.42 Å². The summed E-state index contributed by atoms with van der Waals surface area (Å²) in [7, 11) is 0. The van der Waals surface area contributed by atoms with Gasteiger partial charge < -0.3 is 20.9 Å². The van der Waals surface area contributed by atoms with Gasteiger partial charge >= 0.3 is 0 Å². The van der Waals surface area contributed by atoms with E-state index in [4.69, 9.17) is 12.2 Å². The van der Waals surface area contributed by atoms with Crippen molar-refractivity contribution in [3.05, 3.63) is 90.4 Å². The molecular weight excluding hydrogens is 383 g/mol. The molecule has 4 nitrogen and oxygen atoms in total. The van der Waals surface area contributed by atoms with Crippen LogP contribution < -0.4 is 16.0 Å². The number of para-hydroxylation sites is 1. The largest absolute Gasteiger partial charge is 0.362 e. The maximum atomic E-state index is 13.5. The minimum absolute atomic E-state index is 0.228. The van der Waals surface area contributed by atoms with Gasteiger partial charge in [0.05, 0.1) is 0 Å². The number of benzene rings is 3. The summed E-state index contributed by atoms with van der Waals surface area (Å²) >= 11 is 5.38. The Morgan fingerprint density at radius 3 is 2.41 bits per heavy atom. The van der Waals surface area contributed by atoms with Crippen LogP contribution in [0.25, 0.3) is 10.9 Å². The van der Waals surface area contributed by atoms with Crippen LogP contribution in [0, 0.1) is 5.82 Å². The summed E-state index contributed by atoms with van der Waals surface area (Å²) in [6, 6.07) is 22.7. The molecular formula is C23H21FN4S. The first-order chi connectivity index (χ1) is 14.2. The van der Waals surface area contributed by atoms with Crippen molar-refractivity contribution < 1.29 is 4.39 Å². The van der Waals surface area contributed by atoms with E-state index in [-0.39, 0.29) is 5.82 Å². The standard InChI is InChI=1S/C23H21FN4S/c24-17-6-11-22-21(14-17)16(15-26-22)12-13-25-23(29)28-20-9-7-19(8-10-20)27-18-4-2-1-3-5-18/h1-11,14-15,26-27H,12-13H2,(H2,25,28,29). The zero-order valence-electron chi connectivity index (χ0n) is 15.7. The first-order valence-electron chi connectivity index (χ1n) is 9.40. The Hall–Kier alpha value is -3.38. The number of halogens is 1. The molecule has 1 heterocycles. The zero-order valence-corrected chi connectivity index (χ0v) is 16.5. The summed E-state index contributed by atoms with van der Waals surface area (Å²) in [4.78, 5) is 3.17. The second-order valence-electron chi connectivity index (χ2n) is 6.70. The maximum absolute atomic E-state index is 13.5. The lowest BCUT2D eigenvalue weighted by Crippen LogP contribution is -2.30. The van der Waals surface area contributed by atoms with E-state index >= 15 is 0 Å². The molecule has 0 fully saturated rings. The number of rotatable bonds is 6. The first-order valence-corrected chi connectivity index (χ1v) is 9.81. The molecule has 0 saturated heterocycles. The van der Waals surface area contributed by atoms with Crippen LogP contribution in [0.4, 0.5) is 21.5 Å². The Morgan fingerprint density at radius 2 is 1.62 bits per heavy atom. The van der Waals surface area contributed by atoms with Crippen LogP contribution >= 0.6 is 12.2 Å². The Kier molecular flexibility index (Phi) is 5.72. The van der Waals surface area contributed by atoms with Crippen LogP contribution in [0.5, 0.6) is 0 Å². The van der Waals surface area contributed by atoms with Crippen molar-refractivity contribution in [3.8, 4) is 0 Å². The molecule has 29 heavy (non-hydrogen) atoms. The average Bonchev–Trinajstić information content (AvgIpc) is 3.12. The fraction of sp³-hybridized carbons (Fsp3) is 0.0870. The third-order valence-electron chi connectivity index (χ3n) is 4.61. The van der Waals surface area contributed by atoms with E-state index in [2.05, 4.69) is 20.9 Å². The number of nitrogens with one attached hydrogen (secondary N) is 4. The van der Waals surface area contributed by atoms with Crippen LogP contribution in [0.15, 0.2) is 79.0 Å². The Balaban J connectivity index is 1.27. The Labute approximate surface area is 174 Å². The minimum Gasteiger partial charge on any atom is -0.362 e. The van der Waals surface area contributed by atoms with Crippen LogP contribution in [-0.4, -0.2) is 16.6 Å². The number of aromatic amines is 1. The summed E-state index contributed by atoms with van der Waals surface area (Å²) in [6.45, 7) is 0.656. The fourth-order valence-corrected chi connectivity index (χ4v) is 3.39. The first kappa shape index (κ1) is 19.0. The number of H-pyrrole nitrogens is 1. The van der Waals surface area contributed by atoms with Crippen molar-refractivity contribution in [2.24, 2.45) is 0 Å². The van der Waals surface area contributed by atoms with E-state index in [0.29, 0.717) is 11.7 Å². The van der Waals surface area contributed by atoms with Crippen LogP contribution in [0.2, 0.25) is 0 Å². The molecule has 6 heteroatoms. The molecule has 0 bridgehead atoms. The van der Waals surface area contributed by atoms with E-state index in [1.54, 1.807) is 12.1 Å². The molecule has 0 atom stereocenters. The van der Waals surface area contributed by atoms with Crippen LogP contribution in [-0.2, 0) is 6.42 Å². The summed E-state index contributed by atoms with van der Waals surface area (Å²) < 4.78 is 13.5. The third-order valence-corrected chi connectivity index (χ3v) is 4.86. The molecule has 0 unspecified atom stereocenters. The van der Waals surface area contributed by atoms with Crippen molar-refractivity contribution in [1.82, 2.24) is 10.3 Å². The third kappa shape index (κ3) is 4.92. The van der Waals surface area contributed by atoms with Gasteiger partial charge in [0, 0.05) is 40.7 Å². The molecule has 0 aliphatic heterocycles. The van der Waals surface area contributed by atoms with E-state index in [1.165, 1.54) is 6.07 Å². The highest BCUT2D eigenvalue weighted by molar-refractivity contribution is 7.80. The Morgan fingerprint density at radius 1 is 0.897 bits per heavy atom. The molecule has 0 aliphatic carbocycles. The quantitative estimate of drug-likeness (QED) is 0.317. The maximum Gasteiger partial charge on any atom is 0.170 e. The number of fused-ring (bicyclic) bond motifs is 1. The number of aromatic nitrogens is 1. The molecule has 4 N–H and O–H groups in total. The summed E-state index contributed by atoms with van der Waals surface area (Å²) in [5, 5.41) is 11.2. The predicted molar refractivity (Wildman–Crippen MR) is 122 cm³/mol. The topological polar surface area (TPSA) is 51.9 Å². The lowest BCUT2D eigenvalue weighted by molar-refractivity contribution is 0.629. The van der Waals surface area contributed by atoms with Gasteiger partial charge in [-0.25, -0.2) is 4.39 Å². The monoisotopic (exact) mass is 404 g/mol. The van der Waals surface area contributed by atoms with E-state index in [1.807, 2.05) is 60.8 Å². The van der Waals surface area contributed by atoms with Gasteiger partial charge in [-0.2, -0.15) is 0 Å². The second-order valence-corrected chi connectivity index (χ2v) is 7.11. The summed E-state index contributed by atoms with van der Waals surface area (Å²) in [5.41, 5.74) is 4.96. The van der Waals surface area contributed by atoms with Gasteiger partial charge in [-0.15, -0.1) is 0 Å². The van der Waals surface area contributed by atoms with E-state index < -0.39 is 0 Å². The molecule has 1 aromatic heterocycles. The van der Waals surface area contributed by atoms with E-state index in [9.17, 15) is 4.39 Å². The van der Waals surface area contributed by atoms with Crippen LogP contribution in [0.1, 0.15) is 5.56 Å². The molecule has 146 valence electrons. The predicted octanol–water partition coefficient (Wildman–Crippen LogP) is 5.58. The normalized spacial score (nSPS) is 10.7. The molecule has 4 rings (SSSR count). The summed E-state index contributed by atoms with van der Waals surface area (Å²) in [5.74, 6) is -0.228. The van der Waals surface area contributed by atoms with Gasteiger partial charge in [0.15, 0.2) is 5.11 Å². The van der Waals surface area contributed by atoms with Gasteiger partial charge in [-0.3, -0.25) is 0 Å². The van der Waals surface area contributed by atoms with Crippen molar-refractivity contribution >= 4 is 45.3 Å². The molecule has 0 radical (unpaired) electrons. The second kappa shape index (κ2) is 8.75. The van der Waals surface area contributed by atoms with E-state index in [0.717, 1.165) is 39.9 Å². The van der Waals surface area contributed by atoms with Gasteiger partial charge in [0.1, 0.15) is 5.82 Å². The van der Waals surface area contributed by atoms with Crippen molar-refractivity contribution in [1.29, 1.82) is 0 Å². The average molecular weight is 405 g/mol. The highest BCUT2D eigenvalue weighted by Crippen LogP contribution is 2.20. The van der Waals surface area contributed by atoms with Gasteiger partial charge in [0.25, 0.3) is 0 Å². The molecule has 0 amide bonds. The zero-order chi connectivity index (χ0) is 20.1. The summed E-state index contributed by atoms with van der Waals surface area (Å²) in [6.07, 6.45) is 2.66. The van der Waals surface area contributed by atoms with Gasteiger partial charge in [-0.05, 0) is 78.8 Å². The van der Waals surface area contributed by atoms with Gasteiger partial charge in [-0.1, -0.05) is 18.2 Å². The van der Waals surface area contributed by atoms with Crippen molar-refractivity contribution in [2.75, 3.05) is 17.2 Å². The number of hydrogen-bond acceptors (Lipinski definition) is 2. The smallest absolute Gasteiger partial charge is 0.170 e. The highest BCUT2D eigenvalue weighted by Gasteiger charge is 2.05. The van der Waals surface area contributed by atoms with Crippen LogP contribution in [0.3, 0.4) is 0 Å². The highest BCUT2D eigenvalue weighted by atomic mass is 32.1. The Bertz CT molecular complexity index is 1110. The number of anilines is 3. The minimum atomic E-state index is -0.228. The van der Waals surface area contributed by atoms with Crippen molar-refractivity contribution in [3.63, 3.8) is 0 Å². The molecule has 3 aromatic carbocycles. The molecule has 4 aromatic rings. The number of hydrogen-bond donors (Lipinski definition) is 4. The SMILES string of the molecule is Fc1ccc2[nH]cc(CCNC(=S)Nc3ccc(Nc4ccccc4)cc3)c2c1. The lowest BCUT2D eigenvalue weighted by Gasteiger charge is -2.11. The lowest BCUT2D eigenvalue weighted by atomic mass is 10.1. The molecule has 0 spiro atoms. The number of thiocarbonyl (C=S) groups is 1. The fourth-order valence-electron chi connectivity index (χ4n) is 3.17. The van der Waals surface area contributed by atoms with Gasteiger partial charge in [0.2, 0.25) is 0 Å². The molecule has 0 saturated carbocycles.